The number of hydrogen-bond donors (Lipinski definition) is 0. The van der Waals surface area contributed by atoms with Gasteiger partial charge in [0.1, 0.15) is 0 Å². The number of allylic oxidation sites excluding steroid dienone is 6. The van der Waals surface area contributed by atoms with E-state index in [4.69, 9.17) is 0 Å². The van der Waals surface area contributed by atoms with Crippen molar-refractivity contribution in [1.29, 1.82) is 0 Å². The van der Waals surface area contributed by atoms with Gasteiger partial charge in [-0.15, -0.1) is 0 Å². The monoisotopic (exact) mass is 212 g/mol. The molecule has 0 amide bonds. The first-order valence-corrected chi connectivity index (χ1v) is 5.90. The molecule has 2 nitrogen and oxygen atoms in total. The van der Waals surface area contributed by atoms with Gasteiger partial charge in [-0.05, 0) is 35.8 Å². The highest BCUT2D eigenvalue weighted by atomic mass is 16.1. The van der Waals surface area contributed by atoms with E-state index in [-0.39, 0.29) is 35.2 Å². The minimum Gasteiger partial charge on any atom is -0.294 e. The summed E-state index contributed by atoms with van der Waals surface area (Å²) in [5.41, 5.74) is 0. The SMILES string of the molecule is O=C1C=CC(=O)[C@H]2[C@H]3C=C[C@@H]([C@H]4C=C[C@H]43)[C@@H]12. The second-order valence-electron chi connectivity index (χ2n) is 5.27. The largest absolute Gasteiger partial charge is 0.294 e. The van der Waals surface area contributed by atoms with Crippen molar-refractivity contribution in [2.45, 2.75) is 0 Å². The Hall–Kier alpha value is -1.44. The van der Waals surface area contributed by atoms with Crippen LogP contribution in [0.3, 0.4) is 0 Å². The van der Waals surface area contributed by atoms with Crippen molar-refractivity contribution in [3.8, 4) is 0 Å². The minimum absolute atomic E-state index is 0.0706. The van der Waals surface area contributed by atoms with Gasteiger partial charge in [0.25, 0.3) is 0 Å². The van der Waals surface area contributed by atoms with Crippen LogP contribution < -0.4 is 0 Å². The Labute approximate surface area is 93.7 Å². The van der Waals surface area contributed by atoms with Gasteiger partial charge in [-0.2, -0.15) is 0 Å². The summed E-state index contributed by atoms with van der Waals surface area (Å²) in [6.45, 7) is 0. The predicted octanol–water partition coefficient (Wildman–Crippen LogP) is 1.54. The molecule has 0 unspecified atom stereocenters. The maximum Gasteiger partial charge on any atom is 0.160 e. The number of hydrogen-bond acceptors (Lipinski definition) is 2. The van der Waals surface area contributed by atoms with Crippen molar-refractivity contribution in [3.05, 3.63) is 36.5 Å². The van der Waals surface area contributed by atoms with Crippen LogP contribution in [0.2, 0.25) is 0 Å². The molecule has 5 aliphatic carbocycles. The zero-order valence-corrected chi connectivity index (χ0v) is 8.74. The zero-order chi connectivity index (χ0) is 10.9. The molecule has 2 bridgehead atoms. The van der Waals surface area contributed by atoms with Crippen LogP contribution in [0.5, 0.6) is 0 Å². The summed E-state index contributed by atoms with van der Waals surface area (Å²) < 4.78 is 0. The summed E-state index contributed by atoms with van der Waals surface area (Å²) in [5, 5.41) is 0. The quantitative estimate of drug-likeness (QED) is 0.571. The van der Waals surface area contributed by atoms with E-state index < -0.39 is 0 Å². The van der Waals surface area contributed by atoms with Gasteiger partial charge in [-0.1, -0.05) is 24.3 Å². The Morgan fingerprint density at radius 2 is 1.00 bits per heavy atom. The standard InChI is InChI=1S/C14H12O2/c15-11-5-6-12(16)14-10-4-3-9(13(11)14)7-1-2-8(7)10/h1-10,13-14H/t7-,8+,9-,10-,13-,14+/m0/s1. The fourth-order valence-corrected chi connectivity index (χ4v) is 3.97. The van der Waals surface area contributed by atoms with E-state index in [1.807, 2.05) is 0 Å². The van der Waals surface area contributed by atoms with E-state index in [0.717, 1.165) is 0 Å². The van der Waals surface area contributed by atoms with Crippen molar-refractivity contribution in [3.63, 3.8) is 0 Å². The van der Waals surface area contributed by atoms with Crippen molar-refractivity contribution in [2.75, 3.05) is 0 Å². The third-order valence-corrected chi connectivity index (χ3v) is 4.73. The third-order valence-electron chi connectivity index (χ3n) is 4.73. The number of ketones is 2. The second kappa shape index (κ2) is 2.62. The molecule has 6 atom stereocenters. The fourth-order valence-electron chi connectivity index (χ4n) is 3.97. The van der Waals surface area contributed by atoms with E-state index >= 15 is 0 Å². The smallest absolute Gasteiger partial charge is 0.160 e. The van der Waals surface area contributed by atoms with Gasteiger partial charge in [0, 0.05) is 11.8 Å². The van der Waals surface area contributed by atoms with Gasteiger partial charge >= 0.3 is 0 Å². The van der Waals surface area contributed by atoms with E-state index in [0.29, 0.717) is 11.8 Å². The zero-order valence-electron chi connectivity index (χ0n) is 8.74. The Morgan fingerprint density at radius 1 is 0.625 bits per heavy atom. The van der Waals surface area contributed by atoms with Crippen molar-refractivity contribution < 1.29 is 9.59 Å². The van der Waals surface area contributed by atoms with E-state index in [9.17, 15) is 9.59 Å². The summed E-state index contributed by atoms with van der Waals surface area (Å²) in [6.07, 6.45) is 11.7. The van der Waals surface area contributed by atoms with Gasteiger partial charge in [-0.3, -0.25) is 9.59 Å². The van der Waals surface area contributed by atoms with Gasteiger partial charge in [0.2, 0.25) is 0 Å². The number of rotatable bonds is 0. The molecular formula is C14H12O2. The lowest BCUT2D eigenvalue weighted by Gasteiger charge is -2.54. The summed E-state index contributed by atoms with van der Waals surface area (Å²) in [6, 6.07) is 0. The lowest BCUT2D eigenvalue weighted by Crippen LogP contribution is -2.55. The molecule has 5 rings (SSSR count). The van der Waals surface area contributed by atoms with Gasteiger partial charge in [0.15, 0.2) is 11.6 Å². The maximum absolute atomic E-state index is 11.9. The van der Waals surface area contributed by atoms with Crippen LogP contribution in [0.15, 0.2) is 36.5 Å². The van der Waals surface area contributed by atoms with E-state index in [1.165, 1.54) is 12.2 Å². The van der Waals surface area contributed by atoms with Crippen LogP contribution in [-0.2, 0) is 9.59 Å². The van der Waals surface area contributed by atoms with Crippen LogP contribution in [0.1, 0.15) is 0 Å². The minimum atomic E-state index is -0.0706. The Bertz CT molecular complexity index is 441. The normalized spacial score (nSPS) is 51.2. The molecule has 0 spiro atoms. The highest BCUT2D eigenvalue weighted by Crippen LogP contribution is 2.57. The molecule has 2 heteroatoms. The molecular weight excluding hydrogens is 200 g/mol. The van der Waals surface area contributed by atoms with Crippen molar-refractivity contribution in [1.82, 2.24) is 0 Å². The Kier molecular flexibility index (Phi) is 1.42. The van der Waals surface area contributed by atoms with Crippen molar-refractivity contribution in [2.24, 2.45) is 35.5 Å². The molecule has 5 aliphatic rings. The summed E-state index contributed by atoms with van der Waals surface area (Å²) in [5.74, 6) is 1.74. The highest BCUT2D eigenvalue weighted by Gasteiger charge is 2.56. The fraction of sp³-hybridized carbons (Fsp3) is 0.429. The molecule has 0 heterocycles. The maximum atomic E-state index is 11.9. The molecule has 0 radical (unpaired) electrons. The van der Waals surface area contributed by atoms with E-state index in [1.54, 1.807) is 0 Å². The lowest BCUT2D eigenvalue weighted by atomic mass is 9.47. The molecule has 0 aromatic carbocycles. The number of carbonyl (C=O) groups is 2. The predicted molar refractivity (Wildman–Crippen MR) is 58.4 cm³/mol. The molecule has 0 N–H and O–H groups in total. The Balaban J connectivity index is 1.88. The van der Waals surface area contributed by atoms with Crippen LogP contribution >= 0.6 is 0 Å². The van der Waals surface area contributed by atoms with Crippen LogP contribution in [0, 0.1) is 35.5 Å². The molecule has 80 valence electrons. The summed E-state index contributed by atoms with van der Waals surface area (Å²) >= 11 is 0. The highest BCUT2D eigenvalue weighted by molar-refractivity contribution is 6.08. The molecule has 0 aliphatic heterocycles. The molecule has 0 saturated heterocycles. The van der Waals surface area contributed by atoms with Crippen LogP contribution in [0.25, 0.3) is 0 Å². The van der Waals surface area contributed by atoms with Crippen LogP contribution in [0.4, 0.5) is 0 Å². The third kappa shape index (κ3) is 0.809. The lowest BCUT2D eigenvalue weighted by molar-refractivity contribution is -0.137. The van der Waals surface area contributed by atoms with E-state index in [2.05, 4.69) is 24.3 Å². The number of carbonyl (C=O) groups excluding carboxylic acids is 2. The first-order chi connectivity index (χ1) is 7.77. The van der Waals surface area contributed by atoms with Gasteiger partial charge in [-0.25, -0.2) is 0 Å². The topological polar surface area (TPSA) is 34.1 Å². The van der Waals surface area contributed by atoms with Crippen LogP contribution in [-0.4, -0.2) is 11.6 Å². The average Bonchev–Trinajstić information content (AvgIpc) is 2.23. The van der Waals surface area contributed by atoms with Gasteiger partial charge < -0.3 is 0 Å². The molecule has 1 fully saturated rings. The molecule has 16 heavy (non-hydrogen) atoms. The second-order valence-corrected chi connectivity index (χ2v) is 5.27. The summed E-state index contributed by atoms with van der Waals surface area (Å²) in [4.78, 5) is 23.9. The first-order valence-electron chi connectivity index (χ1n) is 5.90. The average molecular weight is 212 g/mol. The summed E-state index contributed by atoms with van der Waals surface area (Å²) in [7, 11) is 0. The molecule has 0 aromatic rings. The Morgan fingerprint density at radius 3 is 1.38 bits per heavy atom. The van der Waals surface area contributed by atoms with Crippen molar-refractivity contribution >= 4 is 11.6 Å². The molecule has 0 aromatic heterocycles. The first kappa shape index (κ1) is 8.68. The van der Waals surface area contributed by atoms with Gasteiger partial charge in [0.05, 0.1) is 0 Å². The molecule has 1 saturated carbocycles.